The molecule has 0 aliphatic rings. The highest BCUT2D eigenvalue weighted by Crippen LogP contribution is 2.21. The van der Waals surface area contributed by atoms with E-state index >= 15 is 0 Å². The molecule has 23 heavy (non-hydrogen) atoms. The van der Waals surface area contributed by atoms with E-state index in [0.717, 1.165) is 18.4 Å². The van der Waals surface area contributed by atoms with E-state index in [1.807, 2.05) is 31.2 Å². The minimum atomic E-state index is -0.0106. The Morgan fingerprint density at radius 3 is 2.52 bits per heavy atom. The lowest BCUT2D eigenvalue weighted by atomic mass is 10.1. The highest BCUT2D eigenvalue weighted by atomic mass is 32.2. The molecule has 7 heteroatoms. The zero-order valence-electron chi connectivity index (χ0n) is 13.7. The highest BCUT2D eigenvalue weighted by molar-refractivity contribution is 7.99. The minimum absolute atomic E-state index is 0.0106. The SMILES string of the molecule is CCC(CC)NC(=O)CSc1nnc(-c2ccc(C)cc2)n1N. The molecule has 124 valence electrons. The molecule has 0 aliphatic heterocycles. The van der Waals surface area contributed by atoms with Gasteiger partial charge in [0.05, 0.1) is 5.75 Å². The second kappa shape index (κ2) is 8.01. The molecule has 1 amide bonds. The van der Waals surface area contributed by atoms with Crippen molar-refractivity contribution in [3.63, 3.8) is 0 Å². The van der Waals surface area contributed by atoms with Crippen LogP contribution in [0.5, 0.6) is 0 Å². The molecule has 0 spiro atoms. The van der Waals surface area contributed by atoms with Crippen LogP contribution in [0.4, 0.5) is 0 Å². The Bertz CT molecular complexity index is 649. The van der Waals surface area contributed by atoms with Gasteiger partial charge in [0.2, 0.25) is 11.1 Å². The number of rotatable bonds is 7. The molecule has 3 N–H and O–H groups in total. The van der Waals surface area contributed by atoms with E-state index < -0.39 is 0 Å². The number of nitrogens with two attached hydrogens (primary N) is 1. The molecule has 1 aromatic carbocycles. The van der Waals surface area contributed by atoms with Gasteiger partial charge in [-0.15, -0.1) is 10.2 Å². The summed E-state index contributed by atoms with van der Waals surface area (Å²) in [6.07, 6.45) is 1.86. The fraction of sp³-hybridized carbons (Fsp3) is 0.438. The van der Waals surface area contributed by atoms with Crippen LogP contribution in [0.25, 0.3) is 11.4 Å². The lowest BCUT2D eigenvalue weighted by Gasteiger charge is -2.14. The fourth-order valence-electron chi connectivity index (χ4n) is 2.17. The molecule has 6 nitrogen and oxygen atoms in total. The van der Waals surface area contributed by atoms with E-state index in [2.05, 4.69) is 29.4 Å². The third-order valence-corrected chi connectivity index (χ3v) is 4.60. The molecule has 1 aromatic heterocycles. The maximum absolute atomic E-state index is 11.9. The average Bonchev–Trinajstić information content (AvgIpc) is 2.92. The van der Waals surface area contributed by atoms with Gasteiger partial charge in [-0.25, -0.2) is 4.68 Å². The molecular formula is C16H23N5OS. The van der Waals surface area contributed by atoms with E-state index in [-0.39, 0.29) is 17.7 Å². The first-order valence-electron chi connectivity index (χ1n) is 7.74. The number of hydrogen-bond acceptors (Lipinski definition) is 5. The number of thioether (sulfide) groups is 1. The summed E-state index contributed by atoms with van der Waals surface area (Å²) < 4.78 is 1.43. The molecule has 1 heterocycles. The number of nitrogen functional groups attached to an aromatic ring is 1. The number of benzene rings is 1. The molecule has 2 aromatic rings. The number of hydrogen-bond donors (Lipinski definition) is 2. The van der Waals surface area contributed by atoms with Crippen molar-refractivity contribution in [2.45, 2.75) is 44.8 Å². The van der Waals surface area contributed by atoms with E-state index in [9.17, 15) is 4.79 Å². The second-order valence-corrected chi connectivity index (χ2v) is 6.35. The lowest BCUT2D eigenvalue weighted by Crippen LogP contribution is -2.35. The normalized spacial score (nSPS) is 11.0. The van der Waals surface area contributed by atoms with Crippen molar-refractivity contribution >= 4 is 17.7 Å². The summed E-state index contributed by atoms with van der Waals surface area (Å²) in [6, 6.07) is 8.13. The van der Waals surface area contributed by atoms with Crippen molar-refractivity contribution in [3.05, 3.63) is 29.8 Å². The second-order valence-electron chi connectivity index (χ2n) is 5.41. The van der Waals surface area contributed by atoms with Crippen LogP contribution in [0.3, 0.4) is 0 Å². The number of aromatic nitrogens is 3. The average molecular weight is 333 g/mol. The van der Waals surface area contributed by atoms with Gasteiger partial charge >= 0.3 is 0 Å². The molecule has 0 unspecified atom stereocenters. The molecule has 0 saturated heterocycles. The predicted octanol–water partition coefficient (Wildman–Crippen LogP) is 2.36. The summed E-state index contributed by atoms with van der Waals surface area (Å²) in [7, 11) is 0. The van der Waals surface area contributed by atoms with Crippen LogP contribution >= 0.6 is 11.8 Å². The van der Waals surface area contributed by atoms with Gasteiger partial charge in [-0.05, 0) is 19.8 Å². The van der Waals surface area contributed by atoms with Gasteiger partial charge in [-0.2, -0.15) is 0 Å². The molecule has 0 saturated carbocycles. The fourth-order valence-corrected chi connectivity index (χ4v) is 2.83. The largest absolute Gasteiger partial charge is 0.353 e. The van der Waals surface area contributed by atoms with Crippen molar-refractivity contribution in [1.29, 1.82) is 0 Å². The van der Waals surface area contributed by atoms with E-state index in [0.29, 0.717) is 11.0 Å². The highest BCUT2D eigenvalue weighted by Gasteiger charge is 2.14. The van der Waals surface area contributed by atoms with Crippen LogP contribution < -0.4 is 11.2 Å². The van der Waals surface area contributed by atoms with Crippen molar-refractivity contribution < 1.29 is 4.79 Å². The molecular weight excluding hydrogens is 310 g/mol. The first-order chi connectivity index (χ1) is 11.0. The van der Waals surface area contributed by atoms with Gasteiger partial charge in [0, 0.05) is 11.6 Å². The van der Waals surface area contributed by atoms with Crippen molar-refractivity contribution in [3.8, 4) is 11.4 Å². The minimum Gasteiger partial charge on any atom is -0.353 e. The summed E-state index contributed by atoms with van der Waals surface area (Å²) >= 11 is 1.29. The Kier molecular flexibility index (Phi) is 6.04. The zero-order chi connectivity index (χ0) is 16.8. The van der Waals surface area contributed by atoms with E-state index in [4.69, 9.17) is 5.84 Å². The number of nitrogens with one attached hydrogen (secondary N) is 1. The number of amides is 1. The molecule has 0 fully saturated rings. The van der Waals surface area contributed by atoms with Crippen LogP contribution in [0.1, 0.15) is 32.3 Å². The first-order valence-corrected chi connectivity index (χ1v) is 8.73. The van der Waals surface area contributed by atoms with Gasteiger partial charge in [0.15, 0.2) is 5.82 Å². The maximum Gasteiger partial charge on any atom is 0.230 e. The summed E-state index contributed by atoms with van der Waals surface area (Å²) in [5.74, 6) is 6.91. The van der Waals surface area contributed by atoms with Crippen LogP contribution in [0.15, 0.2) is 29.4 Å². The van der Waals surface area contributed by atoms with Crippen molar-refractivity contribution in [2.75, 3.05) is 11.6 Å². The Morgan fingerprint density at radius 1 is 1.26 bits per heavy atom. The number of nitrogens with zero attached hydrogens (tertiary/aromatic N) is 3. The Labute approximate surface area is 140 Å². The third kappa shape index (κ3) is 4.48. The van der Waals surface area contributed by atoms with E-state index in [1.54, 1.807) is 0 Å². The molecule has 0 bridgehead atoms. The summed E-state index contributed by atoms with van der Waals surface area (Å²) in [5, 5.41) is 11.7. The van der Waals surface area contributed by atoms with Crippen LogP contribution in [-0.4, -0.2) is 32.6 Å². The Hall–Kier alpha value is -2.02. The third-order valence-electron chi connectivity index (χ3n) is 3.66. The number of carbonyl (C=O) groups excluding carboxylic acids is 1. The van der Waals surface area contributed by atoms with Crippen LogP contribution in [0, 0.1) is 6.92 Å². The summed E-state index contributed by atoms with van der Waals surface area (Å²) in [5.41, 5.74) is 2.07. The number of aryl methyl sites for hydroxylation is 1. The molecule has 0 aliphatic carbocycles. The predicted molar refractivity (Wildman–Crippen MR) is 93.6 cm³/mol. The first kappa shape index (κ1) is 17.3. The standard InChI is InChI=1S/C16H23N5OS/c1-4-13(5-2)18-14(22)10-23-16-20-19-15(21(16)17)12-8-6-11(3)7-9-12/h6-9,13H,4-5,10,17H2,1-3H3,(H,18,22). The Morgan fingerprint density at radius 2 is 1.91 bits per heavy atom. The molecule has 0 radical (unpaired) electrons. The monoisotopic (exact) mass is 333 g/mol. The van der Waals surface area contributed by atoms with Gasteiger partial charge in [-0.3, -0.25) is 4.79 Å². The van der Waals surface area contributed by atoms with Crippen LogP contribution in [0.2, 0.25) is 0 Å². The smallest absolute Gasteiger partial charge is 0.230 e. The number of carbonyl (C=O) groups is 1. The topological polar surface area (TPSA) is 85.8 Å². The quantitative estimate of drug-likeness (QED) is 0.600. The van der Waals surface area contributed by atoms with Gasteiger partial charge in [0.25, 0.3) is 0 Å². The van der Waals surface area contributed by atoms with Crippen molar-refractivity contribution in [2.24, 2.45) is 0 Å². The maximum atomic E-state index is 11.9. The zero-order valence-corrected chi connectivity index (χ0v) is 14.6. The Balaban J connectivity index is 2.00. The van der Waals surface area contributed by atoms with Crippen molar-refractivity contribution in [1.82, 2.24) is 20.2 Å². The lowest BCUT2D eigenvalue weighted by molar-refractivity contribution is -0.119. The molecule has 0 atom stereocenters. The molecule has 2 rings (SSSR count). The summed E-state index contributed by atoms with van der Waals surface area (Å²) in [4.78, 5) is 11.9. The van der Waals surface area contributed by atoms with Gasteiger partial charge in [0.1, 0.15) is 0 Å². The summed E-state index contributed by atoms with van der Waals surface area (Å²) in [6.45, 7) is 6.15. The van der Waals surface area contributed by atoms with E-state index in [1.165, 1.54) is 22.0 Å². The van der Waals surface area contributed by atoms with Gasteiger partial charge < -0.3 is 11.2 Å². The van der Waals surface area contributed by atoms with Crippen LogP contribution in [-0.2, 0) is 4.79 Å². The van der Waals surface area contributed by atoms with Gasteiger partial charge in [-0.1, -0.05) is 55.4 Å².